The minimum absolute atomic E-state index is 0.0737. The van der Waals surface area contributed by atoms with E-state index in [0.29, 0.717) is 19.4 Å². The third-order valence-electron chi connectivity index (χ3n) is 3.84. The quantitative estimate of drug-likeness (QED) is 0.874. The van der Waals surface area contributed by atoms with Crippen LogP contribution >= 0.6 is 11.3 Å². The normalized spacial score (nSPS) is 23.0. The number of nitrogens with zero attached hydrogens (tertiary/aromatic N) is 1. The van der Waals surface area contributed by atoms with Crippen molar-refractivity contribution in [1.29, 1.82) is 0 Å². The number of rotatable bonds is 6. The zero-order valence-corrected chi connectivity index (χ0v) is 13.1. The Morgan fingerprint density at radius 1 is 1.48 bits per heavy atom. The summed E-state index contributed by atoms with van der Waals surface area (Å²) in [7, 11) is 0. The smallest absolute Gasteiger partial charge is 0.332 e. The fourth-order valence-electron chi connectivity index (χ4n) is 2.73. The second kappa shape index (κ2) is 7.04. The lowest BCUT2D eigenvalue weighted by molar-refractivity contribution is -0.155. The predicted octanol–water partition coefficient (Wildman–Crippen LogP) is 2.16. The summed E-state index contributed by atoms with van der Waals surface area (Å²) in [6.45, 7) is 4.55. The highest BCUT2D eigenvalue weighted by Gasteiger charge is 2.37. The summed E-state index contributed by atoms with van der Waals surface area (Å²) in [5.41, 5.74) is 1.22. The maximum atomic E-state index is 12.5. The molecule has 0 saturated carbocycles. The molecule has 116 valence electrons. The molecule has 0 bridgehead atoms. The van der Waals surface area contributed by atoms with Crippen molar-refractivity contribution in [3.63, 3.8) is 0 Å². The van der Waals surface area contributed by atoms with Crippen molar-refractivity contribution in [3.8, 4) is 0 Å². The minimum Gasteiger partial charge on any atom is -0.479 e. The van der Waals surface area contributed by atoms with Gasteiger partial charge in [-0.25, -0.2) is 4.79 Å². The summed E-state index contributed by atoms with van der Waals surface area (Å²) >= 11 is 1.64. The van der Waals surface area contributed by atoms with Gasteiger partial charge in [-0.2, -0.15) is 11.3 Å². The van der Waals surface area contributed by atoms with Gasteiger partial charge in [0.2, 0.25) is 0 Å². The fourth-order valence-corrected chi connectivity index (χ4v) is 3.41. The summed E-state index contributed by atoms with van der Waals surface area (Å²) in [6.07, 6.45) is 0.235. The lowest BCUT2D eigenvalue weighted by Crippen LogP contribution is -2.45. The van der Waals surface area contributed by atoms with Gasteiger partial charge in [-0.15, -0.1) is 0 Å². The largest absolute Gasteiger partial charge is 0.479 e. The average Bonchev–Trinajstić information content (AvgIpc) is 3.09. The number of carbonyl (C=O) groups is 2. The van der Waals surface area contributed by atoms with E-state index in [0.717, 1.165) is 6.42 Å². The van der Waals surface area contributed by atoms with Crippen molar-refractivity contribution in [2.45, 2.75) is 51.4 Å². The molecule has 1 aliphatic heterocycles. The molecule has 0 aliphatic carbocycles. The number of carbonyl (C=O) groups excluding carboxylic acids is 1. The predicted molar refractivity (Wildman–Crippen MR) is 80.4 cm³/mol. The average molecular weight is 311 g/mol. The number of ether oxygens (including phenoxy) is 1. The van der Waals surface area contributed by atoms with Gasteiger partial charge in [0.15, 0.2) is 6.10 Å². The molecule has 1 saturated heterocycles. The van der Waals surface area contributed by atoms with Crippen LogP contribution in [0.5, 0.6) is 0 Å². The van der Waals surface area contributed by atoms with Gasteiger partial charge in [0.05, 0.1) is 0 Å². The van der Waals surface area contributed by atoms with Gasteiger partial charge in [0, 0.05) is 12.6 Å². The third-order valence-corrected chi connectivity index (χ3v) is 4.57. The number of carboxylic acid groups (broad SMARTS) is 1. The van der Waals surface area contributed by atoms with Crippen molar-refractivity contribution in [2.75, 3.05) is 6.54 Å². The second-order valence-corrected chi connectivity index (χ2v) is 6.12. The Morgan fingerprint density at radius 3 is 2.71 bits per heavy atom. The van der Waals surface area contributed by atoms with E-state index in [1.165, 1.54) is 5.56 Å². The van der Waals surface area contributed by atoms with E-state index in [-0.39, 0.29) is 11.9 Å². The van der Waals surface area contributed by atoms with Crippen LogP contribution in [0.2, 0.25) is 0 Å². The van der Waals surface area contributed by atoms with Crippen LogP contribution in [0, 0.1) is 0 Å². The Morgan fingerprint density at radius 2 is 2.19 bits per heavy atom. The molecule has 0 spiro atoms. The number of aliphatic carboxylic acids is 1. The Kier molecular flexibility index (Phi) is 5.36. The first kappa shape index (κ1) is 16.0. The molecule has 3 atom stereocenters. The van der Waals surface area contributed by atoms with E-state index in [9.17, 15) is 9.59 Å². The van der Waals surface area contributed by atoms with E-state index in [1.54, 1.807) is 16.2 Å². The molecule has 1 aromatic rings. The van der Waals surface area contributed by atoms with Crippen LogP contribution < -0.4 is 0 Å². The first-order valence-electron chi connectivity index (χ1n) is 7.22. The monoisotopic (exact) mass is 311 g/mol. The number of hydrogen-bond acceptors (Lipinski definition) is 4. The number of carboxylic acids is 1. The molecule has 2 rings (SSSR count). The van der Waals surface area contributed by atoms with Crippen LogP contribution in [0.3, 0.4) is 0 Å². The van der Waals surface area contributed by atoms with E-state index in [4.69, 9.17) is 9.84 Å². The van der Waals surface area contributed by atoms with Crippen molar-refractivity contribution in [2.24, 2.45) is 0 Å². The first-order valence-corrected chi connectivity index (χ1v) is 8.17. The molecule has 2 heterocycles. The molecule has 1 aliphatic rings. The molecule has 1 aromatic heterocycles. The van der Waals surface area contributed by atoms with Gasteiger partial charge in [0.1, 0.15) is 6.10 Å². The summed E-state index contributed by atoms with van der Waals surface area (Å²) < 4.78 is 5.36. The zero-order valence-electron chi connectivity index (χ0n) is 12.3. The highest BCUT2D eigenvalue weighted by Crippen LogP contribution is 2.23. The highest BCUT2D eigenvalue weighted by molar-refractivity contribution is 7.07. The Bertz CT molecular complexity index is 488. The van der Waals surface area contributed by atoms with E-state index in [2.05, 4.69) is 11.4 Å². The summed E-state index contributed by atoms with van der Waals surface area (Å²) in [6, 6.07) is 2.14. The Hall–Kier alpha value is -1.40. The lowest BCUT2D eigenvalue weighted by Gasteiger charge is -2.30. The Balaban J connectivity index is 1.96. The van der Waals surface area contributed by atoms with Gasteiger partial charge in [-0.1, -0.05) is 0 Å². The molecule has 5 nitrogen and oxygen atoms in total. The van der Waals surface area contributed by atoms with Gasteiger partial charge in [-0.05, 0) is 55.5 Å². The van der Waals surface area contributed by atoms with Crippen molar-refractivity contribution in [3.05, 3.63) is 22.4 Å². The van der Waals surface area contributed by atoms with E-state index in [1.807, 2.05) is 19.2 Å². The van der Waals surface area contributed by atoms with E-state index >= 15 is 0 Å². The number of thiophene rings is 1. The number of hydrogen-bond donors (Lipinski definition) is 1. The molecule has 1 unspecified atom stereocenters. The minimum atomic E-state index is -0.986. The molecular formula is C15H21NO4S. The topological polar surface area (TPSA) is 66.8 Å². The maximum Gasteiger partial charge on any atom is 0.332 e. The first-order chi connectivity index (χ1) is 10.0. The summed E-state index contributed by atoms with van der Waals surface area (Å²) in [5, 5.41) is 13.1. The van der Waals surface area contributed by atoms with Crippen LogP contribution in [-0.4, -0.2) is 46.7 Å². The molecule has 0 radical (unpaired) electrons. The summed E-state index contributed by atoms with van der Waals surface area (Å²) in [4.78, 5) is 25.2. The van der Waals surface area contributed by atoms with Crippen LogP contribution in [0.4, 0.5) is 0 Å². The lowest BCUT2D eigenvalue weighted by atomic mass is 10.1. The van der Waals surface area contributed by atoms with Crippen molar-refractivity contribution < 1.29 is 19.4 Å². The van der Waals surface area contributed by atoms with Crippen molar-refractivity contribution >= 4 is 23.2 Å². The SMILES string of the molecule is CCN(C(=O)[C@@H]1CC[C@H](C(=O)O)O1)C(C)Cc1ccsc1. The molecular weight excluding hydrogens is 290 g/mol. The van der Waals surface area contributed by atoms with Crippen LogP contribution in [0.15, 0.2) is 16.8 Å². The van der Waals surface area contributed by atoms with Crippen LogP contribution in [0.25, 0.3) is 0 Å². The molecule has 1 fully saturated rings. The maximum absolute atomic E-state index is 12.5. The van der Waals surface area contributed by atoms with Gasteiger partial charge < -0.3 is 14.7 Å². The zero-order chi connectivity index (χ0) is 15.4. The van der Waals surface area contributed by atoms with Gasteiger partial charge in [-0.3, -0.25) is 4.79 Å². The number of likely N-dealkylation sites (N-methyl/N-ethyl adjacent to an activating group) is 1. The fraction of sp³-hybridized carbons (Fsp3) is 0.600. The molecule has 0 aromatic carbocycles. The van der Waals surface area contributed by atoms with Gasteiger partial charge in [0.25, 0.3) is 5.91 Å². The van der Waals surface area contributed by atoms with Gasteiger partial charge >= 0.3 is 5.97 Å². The van der Waals surface area contributed by atoms with Crippen LogP contribution in [0.1, 0.15) is 32.3 Å². The highest BCUT2D eigenvalue weighted by atomic mass is 32.1. The second-order valence-electron chi connectivity index (χ2n) is 5.34. The third kappa shape index (κ3) is 3.83. The van der Waals surface area contributed by atoms with E-state index < -0.39 is 18.2 Å². The van der Waals surface area contributed by atoms with Crippen molar-refractivity contribution in [1.82, 2.24) is 4.90 Å². The molecule has 1 N–H and O–H groups in total. The number of amides is 1. The summed E-state index contributed by atoms with van der Waals surface area (Å²) in [5.74, 6) is -1.08. The standard InChI is InChI=1S/C15H21NO4S/c1-3-16(10(2)8-11-6-7-21-9-11)14(17)12-4-5-13(20-12)15(18)19/h6-7,9-10,12-13H,3-5,8H2,1-2H3,(H,18,19)/t10?,12-,13+/m0/s1. The Labute approximate surface area is 128 Å². The molecule has 6 heteroatoms. The molecule has 21 heavy (non-hydrogen) atoms. The molecule has 1 amide bonds. The van der Waals surface area contributed by atoms with Crippen LogP contribution in [-0.2, 0) is 20.7 Å².